The number of carbonyl (C=O) groups is 1. The van der Waals surface area contributed by atoms with E-state index in [1.165, 1.54) is 42.1 Å². The Morgan fingerprint density at radius 3 is 2.64 bits per heavy atom. The van der Waals surface area contributed by atoms with Gasteiger partial charge in [-0.3, -0.25) is 4.79 Å². The predicted molar refractivity (Wildman–Crippen MR) is 93.4 cm³/mol. The van der Waals surface area contributed by atoms with Gasteiger partial charge in [-0.25, -0.2) is 13.8 Å². The third kappa shape index (κ3) is 4.45. The van der Waals surface area contributed by atoms with Crippen LogP contribution in [-0.2, 0) is 0 Å². The Labute approximate surface area is 147 Å². The van der Waals surface area contributed by atoms with Gasteiger partial charge in [0.05, 0.1) is 17.5 Å². The van der Waals surface area contributed by atoms with Crippen molar-refractivity contribution >= 4 is 17.7 Å². The van der Waals surface area contributed by atoms with Gasteiger partial charge in [-0.2, -0.15) is 0 Å². The van der Waals surface area contributed by atoms with Gasteiger partial charge in [0.2, 0.25) is 0 Å². The van der Waals surface area contributed by atoms with E-state index in [0.29, 0.717) is 17.5 Å². The summed E-state index contributed by atoms with van der Waals surface area (Å²) in [6.45, 7) is 0.379. The molecule has 2 N–H and O–H groups in total. The first kappa shape index (κ1) is 17.2. The fraction of sp³-hybridized carbons (Fsp3) is 0.111. The maximum Gasteiger partial charge on any atom is 0.254 e. The number of thioether (sulfide) groups is 1. The zero-order valence-electron chi connectivity index (χ0n) is 13.1. The minimum absolute atomic E-state index is 0.0316. The maximum absolute atomic E-state index is 13.5. The number of nitrogens with one attached hydrogen (secondary N) is 2. The highest BCUT2D eigenvalue weighted by molar-refractivity contribution is 7.99. The molecule has 7 heteroatoms. The van der Waals surface area contributed by atoms with Crippen LogP contribution in [0, 0.1) is 11.6 Å². The first-order valence-corrected chi connectivity index (χ1v) is 8.58. The van der Waals surface area contributed by atoms with Crippen LogP contribution in [0.15, 0.2) is 59.9 Å². The minimum Gasteiger partial charge on any atom is -0.351 e. The van der Waals surface area contributed by atoms with Crippen LogP contribution in [0.5, 0.6) is 0 Å². The summed E-state index contributed by atoms with van der Waals surface area (Å²) in [6.07, 6.45) is 1.67. The molecule has 1 amide bonds. The third-order valence-electron chi connectivity index (χ3n) is 3.45. The number of amides is 1. The van der Waals surface area contributed by atoms with Gasteiger partial charge in [0, 0.05) is 12.3 Å². The Bertz CT molecular complexity index is 865. The predicted octanol–water partition coefficient (Wildman–Crippen LogP) is 3.88. The normalized spacial score (nSPS) is 10.6. The van der Waals surface area contributed by atoms with Gasteiger partial charge in [0.15, 0.2) is 5.16 Å². The number of benzene rings is 2. The molecule has 4 nitrogen and oxygen atoms in total. The molecule has 0 bridgehead atoms. The minimum atomic E-state index is -0.539. The van der Waals surface area contributed by atoms with Crippen LogP contribution in [0.2, 0.25) is 0 Å². The molecular weight excluding hydrogens is 344 g/mol. The van der Waals surface area contributed by atoms with Gasteiger partial charge in [-0.15, -0.1) is 0 Å². The van der Waals surface area contributed by atoms with Crippen molar-refractivity contribution in [3.05, 3.63) is 71.9 Å². The van der Waals surface area contributed by atoms with E-state index >= 15 is 0 Å². The average molecular weight is 359 g/mol. The molecule has 128 valence electrons. The fourth-order valence-electron chi connectivity index (χ4n) is 2.21. The van der Waals surface area contributed by atoms with Crippen molar-refractivity contribution in [1.29, 1.82) is 0 Å². The highest BCUT2D eigenvalue weighted by Crippen LogP contribution is 2.21. The summed E-state index contributed by atoms with van der Waals surface area (Å²) in [6, 6.07) is 12.0. The summed E-state index contributed by atoms with van der Waals surface area (Å²) in [5.41, 5.74) is 1.66. The van der Waals surface area contributed by atoms with E-state index in [4.69, 9.17) is 0 Å². The topological polar surface area (TPSA) is 57.8 Å². The first-order valence-electron chi connectivity index (χ1n) is 7.60. The van der Waals surface area contributed by atoms with Crippen molar-refractivity contribution in [2.24, 2.45) is 0 Å². The molecule has 0 aliphatic rings. The van der Waals surface area contributed by atoms with Gasteiger partial charge in [0.25, 0.3) is 5.91 Å². The average Bonchev–Trinajstić information content (AvgIpc) is 3.08. The van der Waals surface area contributed by atoms with E-state index in [0.717, 1.165) is 11.3 Å². The van der Waals surface area contributed by atoms with Crippen LogP contribution < -0.4 is 5.32 Å². The van der Waals surface area contributed by atoms with E-state index in [-0.39, 0.29) is 11.4 Å². The van der Waals surface area contributed by atoms with Crippen molar-refractivity contribution in [1.82, 2.24) is 15.3 Å². The SMILES string of the molecule is O=C(NCCSc1ncc(-c2ccc(F)cc2)[nH]1)c1ccccc1F. The number of rotatable bonds is 6. The molecule has 25 heavy (non-hydrogen) atoms. The van der Waals surface area contributed by atoms with Gasteiger partial charge >= 0.3 is 0 Å². The third-order valence-corrected chi connectivity index (χ3v) is 4.34. The second kappa shape index (κ2) is 7.94. The van der Waals surface area contributed by atoms with Crippen molar-refractivity contribution in [2.75, 3.05) is 12.3 Å². The summed E-state index contributed by atoms with van der Waals surface area (Å²) < 4.78 is 26.4. The van der Waals surface area contributed by atoms with Crippen molar-refractivity contribution < 1.29 is 13.6 Å². The van der Waals surface area contributed by atoms with Crippen LogP contribution in [0.25, 0.3) is 11.3 Å². The summed E-state index contributed by atoms with van der Waals surface area (Å²) in [7, 11) is 0. The molecule has 0 atom stereocenters. The molecular formula is C18H15F2N3OS. The second-order valence-electron chi connectivity index (χ2n) is 5.19. The monoisotopic (exact) mass is 359 g/mol. The highest BCUT2D eigenvalue weighted by Gasteiger charge is 2.10. The van der Waals surface area contributed by atoms with Crippen molar-refractivity contribution in [3.8, 4) is 11.3 Å². The smallest absolute Gasteiger partial charge is 0.254 e. The van der Waals surface area contributed by atoms with Crippen LogP contribution in [-0.4, -0.2) is 28.2 Å². The lowest BCUT2D eigenvalue weighted by atomic mass is 10.2. The van der Waals surface area contributed by atoms with Crippen LogP contribution in [0.3, 0.4) is 0 Å². The molecule has 0 saturated heterocycles. The van der Waals surface area contributed by atoms with E-state index in [1.807, 2.05) is 0 Å². The van der Waals surface area contributed by atoms with Crippen LogP contribution >= 0.6 is 11.8 Å². The number of hydrogen-bond donors (Lipinski definition) is 2. The van der Waals surface area contributed by atoms with Crippen molar-refractivity contribution in [2.45, 2.75) is 5.16 Å². The van der Waals surface area contributed by atoms with E-state index < -0.39 is 11.7 Å². The molecule has 3 rings (SSSR count). The number of imidazole rings is 1. The quantitative estimate of drug-likeness (QED) is 0.519. The van der Waals surface area contributed by atoms with E-state index in [9.17, 15) is 13.6 Å². The Morgan fingerprint density at radius 1 is 1.12 bits per heavy atom. The number of H-pyrrole nitrogens is 1. The van der Waals surface area contributed by atoms with E-state index in [1.54, 1.807) is 24.4 Å². The zero-order chi connectivity index (χ0) is 17.6. The van der Waals surface area contributed by atoms with E-state index in [2.05, 4.69) is 15.3 Å². The standard InChI is InChI=1S/C18H15F2N3OS/c19-13-7-5-12(6-8-13)16-11-22-18(23-16)25-10-9-21-17(24)14-3-1-2-4-15(14)20/h1-8,11H,9-10H2,(H,21,24)(H,22,23). The summed E-state index contributed by atoms with van der Waals surface area (Å²) in [4.78, 5) is 19.3. The molecule has 0 aliphatic heterocycles. The lowest BCUT2D eigenvalue weighted by Crippen LogP contribution is -2.26. The zero-order valence-corrected chi connectivity index (χ0v) is 13.9. The van der Waals surface area contributed by atoms with Crippen LogP contribution in [0.4, 0.5) is 8.78 Å². The Hall–Kier alpha value is -2.67. The fourth-order valence-corrected chi connectivity index (χ4v) is 2.91. The Balaban J connectivity index is 1.49. The maximum atomic E-state index is 13.5. The molecule has 0 radical (unpaired) electrons. The molecule has 0 aliphatic carbocycles. The van der Waals surface area contributed by atoms with Gasteiger partial charge in [0.1, 0.15) is 11.6 Å². The molecule has 3 aromatic rings. The molecule has 0 fully saturated rings. The largest absolute Gasteiger partial charge is 0.351 e. The first-order chi connectivity index (χ1) is 12.1. The summed E-state index contributed by atoms with van der Waals surface area (Å²) >= 11 is 1.43. The number of nitrogens with zero attached hydrogens (tertiary/aromatic N) is 1. The van der Waals surface area contributed by atoms with Gasteiger partial charge in [-0.1, -0.05) is 23.9 Å². The lowest BCUT2D eigenvalue weighted by molar-refractivity contribution is 0.0952. The van der Waals surface area contributed by atoms with Gasteiger partial charge in [-0.05, 0) is 42.0 Å². The molecule has 0 saturated carbocycles. The summed E-state index contributed by atoms with van der Waals surface area (Å²) in [5.74, 6) is -0.687. The van der Waals surface area contributed by atoms with Crippen LogP contribution in [0.1, 0.15) is 10.4 Å². The number of aromatic nitrogens is 2. The van der Waals surface area contributed by atoms with Crippen molar-refractivity contribution in [3.63, 3.8) is 0 Å². The molecule has 1 aromatic heterocycles. The number of carbonyl (C=O) groups excluding carboxylic acids is 1. The second-order valence-corrected chi connectivity index (χ2v) is 6.28. The molecule has 0 unspecified atom stereocenters. The number of aromatic amines is 1. The molecule has 1 heterocycles. The summed E-state index contributed by atoms with van der Waals surface area (Å²) in [5, 5.41) is 3.37. The molecule has 2 aromatic carbocycles. The highest BCUT2D eigenvalue weighted by atomic mass is 32.2. The Kier molecular flexibility index (Phi) is 5.45. The number of halogens is 2. The number of hydrogen-bond acceptors (Lipinski definition) is 3. The molecule has 0 spiro atoms. The lowest BCUT2D eigenvalue weighted by Gasteiger charge is -2.05. The Morgan fingerprint density at radius 2 is 1.88 bits per heavy atom. The van der Waals surface area contributed by atoms with Gasteiger partial charge < -0.3 is 10.3 Å².